The molecule has 1 saturated heterocycles. The first-order valence-electron chi connectivity index (χ1n) is 7.30. The smallest absolute Gasteiger partial charge is 0.329 e. The zero-order valence-corrected chi connectivity index (χ0v) is 12.7. The molecule has 5 heteroatoms. The van der Waals surface area contributed by atoms with Crippen LogP contribution in [0.4, 0.5) is 5.69 Å². The van der Waals surface area contributed by atoms with Gasteiger partial charge in [0, 0.05) is 31.6 Å². The number of ether oxygens (including phenoxy) is 1. The largest absolute Gasteiger partial charge is 0.480 e. The van der Waals surface area contributed by atoms with E-state index in [0.29, 0.717) is 25.2 Å². The Morgan fingerprint density at radius 3 is 2.29 bits per heavy atom. The number of carbonyl (C=O) groups excluding carboxylic acids is 1. The zero-order chi connectivity index (χ0) is 15.7. The van der Waals surface area contributed by atoms with Crippen LogP contribution in [0.5, 0.6) is 0 Å². The molecule has 0 atom stereocenters. The number of nitrogens with zero attached hydrogens (tertiary/aromatic N) is 1. The van der Waals surface area contributed by atoms with E-state index in [-0.39, 0.29) is 6.61 Å². The number of rotatable bonds is 5. The van der Waals surface area contributed by atoms with Gasteiger partial charge in [0.05, 0.1) is 6.61 Å². The Morgan fingerprint density at radius 2 is 1.76 bits per heavy atom. The molecule has 1 fully saturated rings. The molecule has 1 aliphatic heterocycles. The average molecular weight is 293 g/mol. The van der Waals surface area contributed by atoms with Gasteiger partial charge in [0.2, 0.25) is 0 Å². The van der Waals surface area contributed by atoms with Crippen LogP contribution in [0.3, 0.4) is 0 Å². The quantitative estimate of drug-likeness (QED) is 0.903. The topological polar surface area (TPSA) is 66.8 Å². The number of carboxylic acids is 1. The molecule has 1 heterocycles. The van der Waals surface area contributed by atoms with Gasteiger partial charge in [-0.1, -0.05) is 26.0 Å². The highest BCUT2D eigenvalue weighted by Gasteiger charge is 2.16. The van der Waals surface area contributed by atoms with Crippen LogP contribution in [-0.4, -0.2) is 36.6 Å². The van der Waals surface area contributed by atoms with Crippen molar-refractivity contribution < 1.29 is 19.4 Å². The molecule has 1 aromatic carbocycles. The maximum atomic E-state index is 11.2. The number of ketones is 1. The van der Waals surface area contributed by atoms with E-state index in [1.54, 1.807) is 0 Å². The lowest BCUT2D eigenvalue weighted by Crippen LogP contribution is -2.33. The summed E-state index contributed by atoms with van der Waals surface area (Å²) in [5.41, 5.74) is 2.03. The minimum atomic E-state index is -0.963. The van der Waals surface area contributed by atoms with E-state index in [4.69, 9.17) is 9.84 Å². The number of piperidine rings is 1. The Kier molecular flexibility index (Phi) is 7.46. The molecule has 0 radical (unpaired) electrons. The second kappa shape index (κ2) is 9.13. The van der Waals surface area contributed by atoms with E-state index < -0.39 is 5.97 Å². The van der Waals surface area contributed by atoms with Crippen molar-refractivity contribution in [3.05, 3.63) is 29.8 Å². The summed E-state index contributed by atoms with van der Waals surface area (Å²) < 4.78 is 5.02. The van der Waals surface area contributed by atoms with Crippen LogP contribution in [-0.2, 0) is 20.9 Å². The molecule has 0 saturated carbocycles. The molecule has 21 heavy (non-hydrogen) atoms. The molecule has 2 rings (SSSR count). The number of hydrogen-bond donors (Lipinski definition) is 1. The van der Waals surface area contributed by atoms with Crippen LogP contribution >= 0.6 is 0 Å². The first-order valence-corrected chi connectivity index (χ1v) is 7.30. The maximum absolute atomic E-state index is 11.2. The van der Waals surface area contributed by atoms with E-state index in [9.17, 15) is 9.59 Å². The summed E-state index contributed by atoms with van der Waals surface area (Å²) in [5, 5.41) is 8.47. The van der Waals surface area contributed by atoms with Crippen LogP contribution in [0, 0.1) is 0 Å². The lowest BCUT2D eigenvalue weighted by molar-refractivity contribution is -0.142. The zero-order valence-electron chi connectivity index (χ0n) is 12.7. The van der Waals surface area contributed by atoms with E-state index in [1.807, 2.05) is 38.1 Å². The molecular formula is C16H23NO4. The summed E-state index contributed by atoms with van der Waals surface area (Å²) >= 11 is 0. The predicted octanol–water partition coefficient (Wildman–Crippen LogP) is 2.48. The second-order valence-electron chi connectivity index (χ2n) is 4.58. The lowest BCUT2D eigenvalue weighted by atomic mass is 10.1. The minimum absolute atomic E-state index is 0.282. The molecule has 0 unspecified atom stereocenters. The summed E-state index contributed by atoms with van der Waals surface area (Å²) in [5.74, 6) is -0.635. The number of anilines is 1. The number of benzene rings is 1. The third kappa shape index (κ3) is 5.95. The molecule has 1 aliphatic rings. The van der Waals surface area contributed by atoms with E-state index in [2.05, 4.69) is 4.90 Å². The predicted molar refractivity (Wildman–Crippen MR) is 81.5 cm³/mol. The van der Waals surface area contributed by atoms with Crippen LogP contribution in [0.1, 0.15) is 32.3 Å². The lowest BCUT2D eigenvalue weighted by Gasteiger charge is -2.28. The van der Waals surface area contributed by atoms with Crippen molar-refractivity contribution in [1.82, 2.24) is 0 Å². The van der Waals surface area contributed by atoms with Gasteiger partial charge in [-0.3, -0.25) is 4.79 Å². The van der Waals surface area contributed by atoms with Crippen molar-refractivity contribution in [2.24, 2.45) is 0 Å². The Hall–Kier alpha value is -1.88. The van der Waals surface area contributed by atoms with E-state index in [1.165, 1.54) is 0 Å². The van der Waals surface area contributed by atoms with Crippen molar-refractivity contribution in [3.63, 3.8) is 0 Å². The molecule has 116 valence electrons. The third-order valence-corrected chi connectivity index (χ3v) is 3.12. The monoisotopic (exact) mass is 293 g/mol. The van der Waals surface area contributed by atoms with Gasteiger partial charge in [-0.25, -0.2) is 4.79 Å². The fourth-order valence-corrected chi connectivity index (χ4v) is 2.07. The van der Waals surface area contributed by atoms with Gasteiger partial charge >= 0.3 is 5.97 Å². The minimum Gasteiger partial charge on any atom is -0.480 e. The van der Waals surface area contributed by atoms with Gasteiger partial charge in [0.15, 0.2) is 0 Å². The van der Waals surface area contributed by atoms with Crippen LogP contribution in [0.15, 0.2) is 24.3 Å². The summed E-state index contributed by atoms with van der Waals surface area (Å²) in [6.45, 7) is 5.56. The molecule has 0 aliphatic carbocycles. The van der Waals surface area contributed by atoms with Crippen molar-refractivity contribution in [1.29, 1.82) is 0 Å². The standard InChI is InChI=1S/C14H17NO4.C2H6/c16-13-5-7-15(8-6-13)12-3-1-11(2-4-12)9-19-10-14(17)18;1-2/h1-4H,5-10H2,(H,17,18);1-2H3. The highest BCUT2D eigenvalue weighted by Crippen LogP contribution is 2.19. The SMILES string of the molecule is CC.O=C(O)COCc1ccc(N2CCC(=O)CC2)cc1. The Labute approximate surface area is 125 Å². The van der Waals surface area contributed by atoms with Crippen LogP contribution < -0.4 is 4.90 Å². The van der Waals surface area contributed by atoms with Gasteiger partial charge in [-0.2, -0.15) is 0 Å². The number of carboxylic acid groups (broad SMARTS) is 1. The van der Waals surface area contributed by atoms with E-state index >= 15 is 0 Å². The van der Waals surface area contributed by atoms with Crippen LogP contribution in [0.2, 0.25) is 0 Å². The third-order valence-electron chi connectivity index (χ3n) is 3.12. The summed E-state index contributed by atoms with van der Waals surface area (Å²) in [7, 11) is 0. The van der Waals surface area contributed by atoms with Gasteiger partial charge in [0.25, 0.3) is 0 Å². The maximum Gasteiger partial charge on any atom is 0.329 e. The van der Waals surface area contributed by atoms with E-state index in [0.717, 1.165) is 24.3 Å². The Balaban J connectivity index is 0.00000106. The molecule has 1 aromatic rings. The second-order valence-corrected chi connectivity index (χ2v) is 4.58. The molecule has 5 nitrogen and oxygen atoms in total. The number of Topliss-reactive ketones (excluding diaryl/α,β-unsaturated/α-hetero) is 1. The highest BCUT2D eigenvalue weighted by atomic mass is 16.5. The first kappa shape index (κ1) is 17.2. The summed E-state index contributed by atoms with van der Waals surface area (Å²) in [6, 6.07) is 7.81. The van der Waals surface area contributed by atoms with Crippen molar-refractivity contribution in [3.8, 4) is 0 Å². The molecule has 1 N–H and O–H groups in total. The number of aliphatic carboxylic acids is 1. The van der Waals surface area contributed by atoms with Crippen LogP contribution in [0.25, 0.3) is 0 Å². The van der Waals surface area contributed by atoms with Gasteiger partial charge in [-0.05, 0) is 17.7 Å². The van der Waals surface area contributed by atoms with Crippen molar-refractivity contribution >= 4 is 17.4 Å². The molecule has 0 spiro atoms. The molecule has 0 aromatic heterocycles. The molecule has 0 bridgehead atoms. The first-order chi connectivity index (χ1) is 10.1. The highest BCUT2D eigenvalue weighted by molar-refractivity contribution is 5.81. The van der Waals surface area contributed by atoms with Crippen molar-refractivity contribution in [2.45, 2.75) is 33.3 Å². The Morgan fingerprint density at radius 1 is 1.19 bits per heavy atom. The summed E-state index contributed by atoms with van der Waals surface area (Å²) in [6.07, 6.45) is 1.23. The average Bonchev–Trinajstić information content (AvgIpc) is 2.50. The number of hydrogen-bond acceptors (Lipinski definition) is 4. The molecule has 0 amide bonds. The normalized spacial score (nSPS) is 14.4. The fourth-order valence-electron chi connectivity index (χ4n) is 2.07. The van der Waals surface area contributed by atoms with Crippen molar-refractivity contribution in [2.75, 3.05) is 24.6 Å². The van der Waals surface area contributed by atoms with Gasteiger partial charge in [-0.15, -0.1) is 0 Å². The fraction of sp³-hybridized carbons (Fsp3) is 0.500. The Bertz CT molecular complexity index is 446. The number of carbonyl (C=O) groups is 2. The summed E-state index contributed by atoms with van der Waals surface area (Å²) in [4.78, 5) is 23.7. The van der Waals surface area contributed by atoms with Gasteiger partial charge < -0.3 is 14.7 Å². The van der Waals surface area contributed by atoms with Gasteiger partial charge in [0.1, 0.15) is 12.4 Å². The molecular weight excluding hydrogens is 270 g/mol.